The lowest BCUT2D eigenvalue weighted by Gasteiger charge is -2.05. The molecule has 0 spiro atoms. The molecule has 0 fully saturated rings. The molecule has 0 aliphatic carbocycles. The lowest BCUT2D eigenvalue weighted by atomic mass is 10.2. The quantitative estimate of drug-likeness (QED) is 0.514. The Kier molecular flexibility index (Phi) is 5.52. The predicted octanol–water partition coefficient (Wildman–Crippen LogP) is 3.08. The third-order valence-electron chi connectivity index (χ3n) is 2.56. The Morgan fingerprint density at radius 1 is 0.955 bits per heavy atom. The van der Waals surface area contributed by atoms with Crippen LogP contribution in [-0.4, -0.2) is 18.0 Å². The molecule has 112 valence electrons. The van der Waals surface area contributed by atoms with E-state index in [-0.39, 0.29) is 5.02 Å². The van der Waals surface area contributed by atoms with E-state index < -0.39 is 11.8 Å². The molecule has 0 atom stereocenters. The van der Waals surface area contributed by atoms with Gasteiger partial charge in [0.1, 0.15) is 0 Å². The highest BCUT2D eigenvalue weighted by Crippen LogP contribution is 2.24. The second kappa shape index (κ2) is 7.59. The maximum atomic E-state index is 11.7. The Labute approximate surface area is 136 Å². The fourth-order valence-electron chi connectivity index (χ4n) is 1.52. The fourth-order valence-corrected chi connectivity index (χ4v) is 1.82. The first-order chi connectivity index (χ1) is 10.6. The molecule has 0 aliphatic rings. The molecule has 2 amide bonds. The van der Waals surface area contributed by atoms with E-state index in [1.165, 1.54) is 24.4 Å². The minimum atomic E-state index is -0.891. The van der Waals surface area contributed by atoms with Crippen LogP contribution in [0.2, 0.25) is 10.0 Å². The monoisotopic (exact) mass is 335 g/mol. The van der Waals surface area contributed by atoms with Gasteiger partial charge >= 0.3 is 11.8 Å². The minimum absolute atomic E-state index is 0.280. The van der Waals surface area contributed by atoms with Crippen molar-refractivity contribution in [1.29, 1.82) is 0 Å². The van der Waals surface area contributed by atoms with Crippen LogP contribution in [0.25, 0.3) is 0 Å². The van der Waals surface area contributed by atoms with Gasteiger partial charge in [0.15, 0.2) is 0 Å². The third kappa shape index (κ3) is 4.58. The SMILES string of the molecule is O=C(N/N=C\c1ccccc1)C(=O)Nc1ccc(Cl)c(Cl)c1. The average molecular weight is 336 g/mol. The van der Waals surface area contributed by atoms with Crippen molar-refractivity contribution in [3.63, 3.8) is 0 Å². The van der Waals surface area contributed by atoms with E-state index in [4.69, 9.17) is 23.2 Å². The van der Waals surface area contributed by atoms with Crippen LogP contribution < -0.4 is 10.7 Å². The minimum Gasteiger partial charge on any atom is -0.318 e. The van der Waals surface area contributed by atoms with Gasteiger partial charge in [-0.3, -0.25) is 9.59 Å². The highest BCUT2D eigenvalue weighted by Gasteiger charge is 2.13. The first kappa shape index (κ1) is 16.0. The van der Waals surface area contributed by atoms with Crippen molar-refractivity contribution >= 4 is 46.9 Å². The molecular weight excluding hydrogens is 325 g/mol. The number of carbonyl (C=O) groups excluding carboxylic acids is 2. The van der Waals surface area contributed by atoms with E-state index in [0.29, 0.717) is 10.7 Å². The maximum absolute atomic E-state index is 11.7. The van der Waals surface area contributed by atoms with E-state index in [1.54, 1.807) is 0 Å². The zero-order valence-electron chi connectivity index (χ0n) is 11.2. The molecular formula is C15H11Cl2N3O2. The summed E-state index contributed by atoms with van der Waals surface area (Å²) in [5, 5.41) is 6.73. The maximum Gasteiger partial charge on any atom is 0.329 e. The van der Waals surface area contributed by atoms with Gasteiger partial charge in [-0.15, -0.1) is 0 Å². The van der Waals surface area contributed by atoms with Gasteiger partial charge in [-0.05, 0) is 23.8 Å². The largest absolute Gasteiger partial charge is 0.329 e. The number of nitrogens with one attached hydrogen (secondary N) is 2. The van der Waals surface area contributed by atoms with Crippen LogP contribution in [0.4, 0.5) is 5.69 Å². The van der Waals surface area contributed by atoms with Crippen molar-refractivity contribution in [2.24, 2.45) is 5.10 Å². The van der Waals surface area contributed by atoms with E-state index >= 15 is 0 Å². The van der Waals surface area contributed by atoms with Crippen molar-refractivity contribution in [3.05, 3.63) is 64.1 Å². The van der Waals surface area contributed by atoms with Crippen molar-refractivity contribution in [2.75, 3.05) is 5.32 Å². The Bertz CT molecular complexity index is 718. The highest BCUT2D eigenvalue weighted by atomic mass is 35.5. The molecule has 0 heterocycles. The van der Waals surface area contributed by atoms with Crippen LogP contribution in [0.5, 0.6) is 0 Å². The molecule has 2 rings (SSSR count). The topological polar surface area (TPSA) is 70.6 Å². The smallest absolute Gasteiger partial charge is 0.318 e. The molecule has 7 heteroatoms. The molecule has 0 aliphatic heterocycles. The first-order valence-corrected chi connectivity index (χ1v) is 6.96. The van der Waals surface area contributed by atoms with Crippen molar-refractivity contribution < 1.29 is 9.59 Å². The van der Waals surface area contributed by atoms with E-state index in [0.717, 1.165) is 5.56 Å². The Balaban J connectivity index is 1.90. The van der Waals surface area contributed by atoms with E-state index in [2.05, 4.69) is 15.8 Å². The van der Waals surface area contributed by atoms with Crippen molar-refractivity contribution in [1.82, 2.24) is 5.43 Å². The number of nitrogens with zero attached hydrogens (tertiary/aromatic N) is 1. The van der Waals surface area contributed by atoms with Crippen LogP contribution in [0.15, 0.2) is 53.6 Å². The zero-order valence-corrected chi connectivity index (χ0v) is 12.7. The Morgan fingerprint density at radius 3 is 2.36 bits per heavy atom. The molecule has 0 radical (unpaired) electrons. The van der Waals surface area contributed by atoms with E-state index in [1.807, 2.05) is 30.3 Å². The van der Waals surface area contributed by atoms with Gasteiger partial charge in [0.2, 0.25) is 0 Å². The van der Waals surface area contributed by atoms with Crippen LogP contribution in [0.1, 0.15) is 5.56 Å². The van der Waals surface area contributed by atoms with Gasteiger partial charge in [0, 0.05) is 5.69 Å². The lowest BCUT2D eigenvalue weighted by Crippen LogP contribution is -2.32. The predicted molar refractivity (Wildman–Crippen MR) is 87.3 cm³/mol. The van der Waals surface area contributed by atoms with Gasteiger partial charge in [-0.2, -0.15) is 5.10 Å². The number of amides is 2. The summed E-state index contributed by atoms with van der Waals surface area (Å²) in [6.45, 7) is 0. The van der Waals surface area contributed by atoms with Crippen LogP contribution in [0, 0.1) is 0 Å². The second-order valence-corrected chi connectivity index (χ2v) is 5.01. The van der Waals surface area contributed by atoms with Crippen molar-refractivity contribution in [2.45, 2.75) is 0 Å². The molecule has 5 nitrogen and oxygen atoms in total. The number of carbonyl (C=O) groups is 2. The number of hydrogen-bond donors (Lipinski definition) is 2. The summed E-state index contributed by atoms with van der Waals surface area (Å²) in [6.07, 6.45) is 1.43. The summed E-state index contributed by atoms with van der Waals surface area (Å²) in [5.74, 6) is -1.75. The summed E-state index contributed by atoms with van der Waals surface area (Å²) >= 11 is 11.6. The van der Waals surface area contributed by atoms with Crippen LogP contribution in [0.3, 0.4) is 0 Å². The van der Waals surface area contributed by atoms with Crippen LogP contribution in [-0.2, 0) is 9.59 Å². The molecule has 2 N–H and O–H groups in total. The lowest BCUT2D eigenvalue weighted by molar-refractivity contribution is -0.136. The summed E-state index contributed by atoms with van der Waals surface area (Å²) in [7, 11) is 0. The third-order valence-corrected chi connectivity index (χ3v) is 3.30. The van der Waals surface area contributed by atoms with E-state index in [9.17, 15) is 9.59 Å². The number of anilines is 1. The Morgan fingerprint density at radius 2 is 1.68 bits per heavy atom. The number of rotatable bonds is 3. The number of halogens is 2. The standard InChI is InChI=1S/C15H11Cl2N3O2/c16-12-7-6-11(8-13(12)17)19-14(21)15(22)20-18-9-10-4-2-1-3-5-10/h1-9H,(H,19,21)(H,20,22)/b18-9-. The normalized spacial score (nSPS) is 10.5. The molecule has 0 saturated heterocycles. The molecule has 0 saturated carbocycles. The fraction of sp³-hybridized carbons (Fsp3) is 0. The number of hydrogen-bond acceptors (Lipinski definition) is 3. The molecule has 22 heavy (non-hydrogen) atoms. The summed E-state index contributed by atoms with van der Waals surface area (Å²) < 4.78 is 0. The van der Waals surface area contributed by atoms with Gasteiger partial charge < -0.3 is 5.32 Å². The van der Waals surface area contributed by atoms with Gasteiger partial charge in [0.05, 0.1) is 16.3 Å². The van der Waals surface area contributed by atoms with Gasteiger partial charge in [0.25, 0.3) is 0 Å². The molecule has 0 unspecified atom stereocenters. The first-order valence-electron chi connectivity index (χ1n) is 6.21. The zero-order chi connectivity index (χ0) is 15.9. The van der Waals surface area contributed by atoms with Gasteiger partial charge in [-0.1, -0.05) is 53.5 Å². The number of benzene rings is 2. The average Bonchev–Trinajstić information content (AvgIpc) is 2.52. The second-order valence-electron chi connectivity index (χ2n) is 4.19. The summed E-state index contributed by atoms with van der Waals surface area (Å²) in [5.41, 5.74) is 3.30. The number of hydrazone groups is 1. The summed E-state index contributed by atoms with van der Waals surface area (Å²) in [4.78, 5) is 23.3. The molecule has 0 aromatic heterocycles. The highest BCUT2D eigenvalue weighted by molar-refractivity contribution is 6.42. The molecule has 0 bridgehead atoms. The van der Waals surface area contributed by atoms with Crippen LogP contribution >= 0.6 is 23.2 Å². The van der Waals surface area contributed by atoms with Crippen molar-refractivity contribution in [3.8, 4) is 0 Å². The molecule has 2 aromatic rings. The summed E-state index contributed by atoms with van der Waals surface area (Å²) in [6, 6.07) is 13.7. The Hall–Kier alpha value is -2.37. The van der Waals surface area contributed by atoms with Gasteiger partial charge in [-0.25, -0.2) is 5.43 Å². The molecule has 2 aromatic carbocycles.